The van der Waals surface area contributed by atoms with Crippen molar-refractivity contribution in [1.29, 1.82) is 0 Å². The van der Waals surface area contributed by atoms with Crippen molar-refractivity contribution in [2.24, 2.45) is 18.7 Å². The minimum Gasteiger partial charge on any atom is -0.492 e. The number of carbonyl (C=O) groups is 1. The normalized spacial score (nSPS) is 12.5. The maximum atomic E-state index is 12.7. The number of benzene rings is 1. The molecule has 3 rings (SSSR count). The number of ether oxygens (including phenoxy) is 1. The summed E-state index contributed by atoms with van der Waals surface area (Å²) in [6.07, 6.45) is 2.38. The standard InChI is InChI=1S/C21H26N4O3/c1-12(2)7-14(22)11-28-15-5-6-16-17-9-20(24-13(3)26)23-10-18(17)21(27)25(4)19(16)8-15/h5-6,8-10,12,14H,7,11,22H2,1-4H3,(H,23,24,26). The summed E-state index contributed by atoms with van der Waals surface area (Å²) in [5, 5.41) is 4.77. The number of nitrogens with two attached hydrogens (primary N) is 1. The summed E-state index contributed by atoms with van der Waals surface area (Å²) in [6.45, 7) is 6.09. The highest BCUT2D eigenvalue weighted by atomic mass is 16.5. The molecule has 7 nitrogen and oxygen atoms in total. The molecule has 1 atom stereocenters. The molecular weight excluding hydrogens is 356 g/mol. The highest BCUT2D eigenvalue weighted by Gasteiger charge is 2.12. The predicted molar refractivity (Wildman–Crippen MR) is 112 cm³/mol. The van der Waals surface area contributed by atoms with Crippen molar-refractivity contribution < 1.29 is 9.53 Å². The van der Waals surface area contributed by atoms with Gasteiger partial charge in [0.25, 0.3) is 5.56 Å². The largest absolute Gasteiger partial charge is 0.492 e. The predicted octanol–water partition coefficient (Wildman–Crippen LogP) is 2.80. The van der Waals surface area contributed by atoms with Gasteiger partial charge in [0, 0.05) is 43.0 Å². The van der Waals surface area contributed by atoms with Crippen molar-refractivity contribution >= 4 is 33.4 Å². The molecule has 3 N–H and O–H groups in total. The fraction of sp³-hybridized carbons (Fsp3) is 0.381. The van der Waals surface area contributed by atoms with Crippen LogP contribution in [0.3, 0.4) is 0 Å². The van der Waals surface area contributed by atoms with Crippen molar-refractivity contribution in [2.75, 3.05) is 11.9 Å². The fourth-order valence-corrected chi connectivity index (χ4v) is 3.37. The van der Waals surface area contributed by atoms with Crippen molar-refractivity contribution in [3.63, 3.8) is 0 Å². The average molecular weight is 382 g/mol. The summed E-state index contributed by atoms with van der Waals surface area (Å²) in [5.74, 6) is 1.37. The van der Waals surface area contributed by atoms with Gasteiger partial charge < -0.3 is 20.4 Å². The van der Waals surface area contributed by atoms with E-state index < -0.39 is 0 Å². The number of pyridine rings is 2. The Bertz CT molecular complexity index is 1090. The van der Waals surface area contributed by atoms with E-state index in [9.17, 15) is 9.59 Å². The molecule has 0 aliphatic carbocycles. The second kappa shape index (κ2) is 7.98. The molecule has 3 aromatic rings. The Balaban J connectivity index is 2.03. The Hall–Kier alpha value is -2.93. The minimum absolute atomic E-state index is 0.0394. The smallest absolute Gasteiger partial charge is 0.260 e. The van der Waals surface area contributed by atoms with Crippen LogP contribution < -0.4 is 21.3 Å². The average Bonchev–Trinajstić information content (AvgIpc) is 2.63. The summed E-state index contributed by atoms with van der Waals surface area (Å²) in [6, 6.07) is 7.31. The molecule has 1 amide bonds. The van der Waals surface area contributed by atoms with Gasteiger partial charge in [0.1, 0.15) is 18.2 Å². The number of hydrogen-bond acceptors (Lipinski definition) is 5. The van der Waals surface area contributed by atoms with Gasteiger partial charge in [0.05, 0.1) is 10.9 Å². The molecule has 1 unspecified atom stereocenters. The van der Waals surface area contributed by atoms with E-state index in [0.717, 1.165) is 22.7 Å². The third-order valence-electron chi connectivity index (χ3n) is 4.60. The summed E-state index contributed by atoms with van der Waals surface area (Å²) >= 11 is 0. The van der Waals surface area contributed by atoms with Crippen LogP contribution in [-0.2, 0) is 11.8 Å². The highest BCUT2D eigenvalue weighted by Crippen LogP contribution is 2.27. The number of aromatic nitrogens is 2. The molecule has 0 aliphatic heterocycles. The zero-order valence-corrected chi connectivity index (χ0v) is 16.7. The molecule has 0 fully saturated rings. The first-order valence-corrected chi connectivity index (χ1v) is 9.34. The SMILES string of the molecule is CC(=O)Nc1cc2c(cn1)c(=O)n(C)c1cc(OCC(N)CC(C)C)ccc21. The first kappa shape index (κ1) is 19.8. The van der Waals surface area contributed by atoms with E-state index in [1.807, 2.05) is 18.2 Å². The third kappa shape index (κ3) is 4.14. The van der Waals surface area contributed by atoms with Gasteiger partial charge in [-0.05, 0) is 30.5 Å². The number of anilines is 1. The molecule has 0 bridgehead atoms. The first-order valence-electron chi connectivity index (χ1n) is 9.34. The van der Waals surface area contributed by atoms with E-state index in [2.05, 4.69) is 24.1 Å². The molecule has 2 aromatic heterocycles. The highest BCUT2D eigenvalue weighted by molar-refractivity contribution is 6.07. The molecule has 0 saturated carbocycles. The number of amides is 1. The Morgan fingerprint density at radius 1 is 1.25 bits per heavy atom. The van der Waals surface area contributed by atoms with Crippen LogP contribution in [0.25, 0.3) is 21.7 Å². The lowest BCUT2D eigenvalue weighted by Gasteiger charge is -2.16. The Morgan fingerprint density at radius 3 is 2.68 bits per heavy atom. The number of carbonyl (C=O) groups excluding carboxylic acids is 1. The van der Waals surface area contributed by atoms with Crippen molar-refractivity contribution in [2.45, 2.75) is 33.2 Å². The second-order valence-electron chi connectivity index (χ2n) is 7.54. The summed E-state index contributed by atoms with van der Waals surface area (Å²) < 4.78 is 7.43. The zero-order chi connectivity index (χ0) is 20.4. The molecule has 1 aromatic carbocycles. The van der Waals surface area contributed by atoms with E-state index >= 15 is 0 Å². The zero-order valence-electron chi connectivity index (χ0n) is 16.7. The topological polar surface area (TPSA) is 99.2 Å². The van der Waals surface area contributed by atoms with Crippen LogP contribution in [0, 0.1) is 5.92 Å². The van der Waals surface area contributed by atoms with Gasteiger partial charge in [-0.2, -0.15) is 0 Å². The van der Waals surface area contributed by atoms with Crippen molar-refractivity contribution in [3.8, 4) is 5.75 Å². The maximum absolute atomic E-state index is 12.7. The molecular formula is C21H26N4O3. The lowest BCUT2D eigenvalue weighted by atomic mass is 10.1. The van der Waals surface area contributed by atoms with Crippen LogP contribution in [0.15, 0.2) is 35.3 Å². The number of rotatable bonds is 6. The lowest BCUT2D eigenvalue weighted by molar-refractivity contribution is -0.114. The molecule has 2 heterocycles. The van der Waals surface area contributed by atoms with Crippen LogP contribution in [0.1, 0.15) is 27.2 Å². The molecule has 7 heteroatoms. The van der Waals surface area contributed by atoms with E-state index in [-0.39, 0.29) is 17.5 Å². The van der Waals surface area contributed by atoms with Gasteiger partial charge in [-0.3, -0.25) is 9.59 Å². The van der Waals surface area contributed by atoms with Crippen LogP contribution in [0.2, 0.25) is 0 Å². The number of nitrogens with zero attached hydrogens (tertiary/aromatic N) is 2. The van der Waals surface area contributed by atoms with Gasteiger partial charge in [0.15, 0.2) is 0 Å². The quantitative estimate of drug-likeness (QED) is 0.639. The molecule has 0 spiro atoms. The molecule has 28 heavy (non-hydrogen) atoms. The number of fused-ring (bicyclic) bond motifs is 3. The minimum atomic E-state index is -0.214. The molecule has 148 valence electrons. The molecule has 0 saturated heterocycles. The van der Waals surface area contributed by atoms with E-state index in [4.69, 9.17) is 10.5 Å². The van der Waals surface area contributed by atoms with Crippen molar-refractivity contribution in [1.82, 2.24) is 9.55 Å². The van der Waals surface area contributed by atoms with Crippen LogP contribution in [0.4, 0.5) is 5.82 Å². The van der Waals surface area contributed by atoms with Crippen LogP contribution in [-0.4, -0.2) is 28.1 Å². The Morgan fingerprint density at radius 2 is 2.00 bits per heavy atom. The molecule has 0 aliphatic rings. The monoisotopic (exact) mass is 382 g/mol. The maximum Gasteiger partial charge on any atom is 0.260 e. The fourth-order valence-electron chi connectivity index (χ4n) is 3.37. The second-order valence-corrected chi connectivity index (χ2v) is 7.54. The van der Waals surface area contributed by atoms with Gasteiger partial charge in [-0.15, -0.1) is 0 Å². The van der Waals surface area contributed by atoms with E-state index in [1.54, 1.807) is 17.7 Å². The summed E-state index contributed by atoms with van der Waals surface area (Å²) in [4.78, 5) is 28.2. The van der Waals surface area contributed by atoms with Gasteiger partial charge >= 0.3 is 0 Å². The van der Waals surface area contributed by atoms with E-state index in [0.29, 0.717) is 29.5 Å². The van der Waals surface area contributed by atoms with Gasteiger partial charge in [-0.25, -0.2) is 4.98 Å². The number of aryl methyl sites for hydroxylation is 1. The Kier molecular flexibility index (Phi) is 5.65. The van der Waals surface area contributed by atoms with Crippen LogP contribution in [0.5, 0.6) is 5.75 Å². The van der Waals surface area contributed by atoms with Gasteiger partial charge in [-0.1, -0.05) is 13.8 Å². The number of nitrogens with one attached hydrogen (secondary N) is 1. The molecule has 0 radical (unpaired) electrons. The summed E-state index contributed by atoms with van der Waals surface area (Å²) in [5.41, 5.74) is 6.69. The van der Waals surface area contributed by atoms with Gasteiger partial charge in [0.2, 0.25) is 5.91 Å². The third-order valence-corrected chi connectivity index (χ3v) is 4.60. The lowest BCUT2D eigenvalue weighted by Crippen LogP contribution is -2.29. The van der Waals surface area contributed by atoms with E-state index in [1.165, 1.54) is 13.1 Å². The van der Waals surface area contributed by atoms with Crippen molar-refractivity contribution in [3.05, 3.63) is 40.8 Å². The first-order chi connectivity index (χ1) is 13.3. The van der Waals surface area contributed by atoms with Crippen LogP contribution >= 0.6 is 0 Å². The number of hydrogen-bond donors (Lipinski definition) is 2. The summed E-state index contributed by atoms with van der Waals surface area (Å²) in [7, 11) is 1.72. The Labute approximate surface area is 163 Å².